The molecule has 0 aliphatic carbocycles. The van der Waals surface area contributed by atoms with Crippen molar-refractivity contribution < 1.29 is 14.3 Å². The highest BCUT2D eigenvalue weighted by molar-refractivity contribution is 6.04. The zero-order valence-electron chi connectivity index (χ0n) is 15.8. The molecular weight excluding hydrogens is 354 g/mol. The summed E-state index contributed by atoms with van der Waals surface area (Å²) in [5.41, 5.74) is 4.60. The summed E-state index contributed by atoms with van der Waals surface area (Å²) in [6.45, 7) is 4.89. The molecule has 0 spiro atoms. The van der Waals surface area contributed by atoms with Crippen molar-refractivity contribution in [2.45, 2.75) is 20.4 Å². The molecule has 1 aliphatic rings. The van der Waals surface area contributed by atoms with Gasteiger partial charge in [0, 0.05) is 12.1 Å². The average molecular weight is 375 g/mol. The van der Waals surface area contributed by atoms with E-state index in [1.807, 2.05) is 62.4 Å². The van der Waals surface area contributed by atoms with Crippen LogP contribution in [0.4, 0.5) is 11.5 Å². The Bertz CT molecular complexity index is 1020. The fraction of sp³-hybridized carbons (Fsp3) is 0.182. The van der Waals surface area contributed by atoms with Crippen molar-refractivity contribution in [1.29, 1.82) is 0 Å². The molecule has 1 amide bonds. The van der Waals surface area contributed by atoms with Crippen LogP contribution in [0.5, 0.6) is 11.5 Å². The molecule has 6 heteroatoms. The predicted octanol–water partition coefficient (Wildman–Crippen LogP) is 4.29. The van der Waals surface area contributed by atoms with Crippen LogP contribution in [0.3, 0.4) is 0 Å². The van der Waals surface area contributed by atoms with Gasteiger partial charge in [-0.25, -0.2) is 4.98 Å². The third kappa shape index (κ3) is 3.91. The Labute approximate surface area is 163 Å². The number of nitrogens with one attached hydrogen (secondary N) is 2. The standard InChI is InChI=1S/C22H21N3O3/c1-14-3-5-17(9-15(14)2)22(26)25-18-6-8-21(24-12-18)23-11-16-4-7-19-20(10-16)28-13-27-19/h3-10,12H,11,13H2,1-2H3,(H,23,24)(H,25,26). The lowest BCUT2D eigenvalue weighted by atomic mass is 10.1. The number of hydrogen-bond donors (Lipinski definition) is 2. The van der Waals surface area contributed by atoms with Gasteiger partial charge < -0.3 is 20.1 Å². The second kappa shape index (κ2) is 7.60. The van der Waals surface area contributed by atoms with Crippen LogP contribution in [0.25, 0.3) is 0 Å². The first-order chi connectivity index (χ1) is 13.6. The molecule has 0 saturated carbocycles. The van der Waals surface area contributed by atoms with Gasteiger partial charge >= 0.3 is 0 Å². The Hall–Kier alpha value is -3.54. The van der Waals surface area contributed by atoms with Gasteiger partial charge in [0.25, 0.3) is 5.91 Å². The van der Waals surface area contributed by atoms with Gasteiger partial charge in [0.2, 0.25) is 6.79 Å². The van der Waals surface area contributed by atoms with Crippen LogP contribution in [-0.2, 0) is 6.54 Å². The Morgan fingerprint density at radius 2 is 1.86 bits per heavy atom. The quantitative estimate of drug-likeness (QED) is 0.696. The van der Waals surface area contributed by atoms with Gasteiger partial charge in [-0.2, -0.15) is 0 Å². The number of aryl methyl sites for hydroxylation is 2. The maximum atomic E-state index is 12.4. The first-order valence-electron chi connectivity index (χ1n) is 9.05. The molecule has 0 fully saturated rings. The van der Waals surface area contributed by atoms with Crippen LogP contribution in [-0.4, -0.2) is 17.7 Å². The van der Waals surface area contributed by atoms with Crippen LogP contribution in [0.1, 0.15) is 27.0 Å². The lowest BCUT2D eigenvalue weighted by Gasteiger charge is -2.09. The zero-order valence-corrected chi connectivity index (χ0v) is 15.8. The Balaban J connectivity index is 1.35. The summed E-state index contributed by atoms with van der Waals surface area (Å²) in [5.74, 6) is 2.11. The maximum Gasteiger partial charge on any atom is 0.255 e. The minimum Gasteiger partial charge on any atom is -0.454 e. The van der Waals surface area contributed by atoms with E-state index in [9.17, 15) is 4.79 Å². The number of rotatable bonds is 5. The molecular formula is C22H21N3O3. The number of benzene rings is 2. The Morgan fingerprint density at radius 1 is 1.00 bits per heavy atom. The van der Waals surface area contributed by atoms with Crippen LogP contribution in [0, 0.1) is 13.8 Å². The molecule has 1 aromatic heterocycles. The monoisotopic (exact) mass is 375 g/mol. The first kappa shape index (κ1) is 17.9. The number of hydrogen-bond acceptors (Lipinski definition) is 5. The molecule has 0 saturated heterocycles. The molecule has 0 bridgehead atoms. The second-order valence-corrected chi connectivity index (χ2v) is 6.73. The number of aromatic nitrogens is 1. The summed E-state index contributed by atoms with van der Waals surface area (Å²) in [6.07, 6.45) is 1.64. The van der Waals surface area contributed by atoms with Crippen molar-refractivity contribution in [1.82, 2.24) is 4.98 Å². The van der Waals surface area contributed by atoms with Crippen molar-refractivity contribution in [3.63, 3.8) is 0 Å². The average Bonchev–Trinajstić information content (AvgIpc) is 3.17. The predicted molar refractivity (Wildman–Crippen MR) is 108 cm³/mol. The summed E-state index contributed by atoms with van der Waals surface area (Å²) < 4.78 is 10.7. The molecule has 2 heterocycles. The van der Waals surface area contributed by atoms with E-state index >= 15 is 0 Å². The molecule has 0 radical (unpaired) electrons. The Morgan fingerprint density at radius 3 is 2.64 bits per heavy atom. The van der Waals surface area contributed by atoms with Crippen molar-refractivity contribution in [2.75, 3.05) is 17.4 Å². The molecule has 2 aromatic carbocycles. The Kier molecular flexibility index (Phi) is 4.85. The third-order valence-corrected chi connectivity index (χ3v) is 4.70. The van der Waals surface area contributed by atoms with Gasteiger partial charge in [0.1, 0.15) is 5.82 Å². The van der Waals surface area contributed by atoms with Gasteiger partial charge in [0.15, 0.2) is 11.5 Å². The van der Waals surface area contributed by atoms with E-state index in [-0.39, 0.29) is 12.7 Å². The van der Waals surface area contributed by atoms with Gasteiger partial charge in [-0.3, -0.25) is 4.79 Å². The summed E-state index contributed by atoms with van der Waals surface area (Å²) >= 11 is 0. The number of pyridine rings is 1. The summed E-state index contributed by atoms with van der Waals surface area (Å²) in [7, 11) is 0. The number of ether oxygens (including phenoxy) is 2. The zero-order chi connectivity index (χ0) is 19.5. The smallest absolute Gasteiger partial charge is 0.255 e. The fourth-order valence-electron chi connectivity index (χ4n) is 2.90. The van der Waals surface area contributed by atoms with Gasteiger partial charge in [-0.1, -0.05) is 12.1 Å². The van der Waals surface area contributed by atoms with Crippen LogP contribution < -0.4 is 20.1 Å². The molecule has 2 N–H and O–H groups in total. The summed E-state index contributed by atoms with van der Waals surface area (Å²) in [4.78, 5) is 16.8. The van der Waals surface area contributed by atoms with Gasteiger partial charge in [0.05, 0.1) is 11.9 Å². The molecule has 28 heavy (non-hydrogen) atoms. The van der Waals surface area contributed by atoms with E-state index in [2.05, 4.69) is 15.6 Å². The number of amides is 1. The minimum absolute atomic E-state index is 0.147. The number of anilines is 2. The van der Waals surface area contributed by atoms with Crippen LogP contribution >= 0.6 is 0 Å². The van der Waals surface area contributed by atoms with Crippen molar-refractivity contribution in [2.24, 2.45) is 0 Å². The molecule has 1 aliphatic heterocycles. The van der Waals surface area contributed by atoms with Crippen LogP contribution in [0.15, 0.2) is 54.7 Å². The molecule has 0 atom stereocenters. The maximum absolute atomic E-state index is 12.4. The summed E-state index contributed by atoms with van der Waals surface area (Å²) in [5, 5.41) is 6.13. The van der Waals surface area contributed by atoms with Crippen LogP contribution in [0.2, 0.25) is 0 Å². The largest absolute Gasteiger partial charge is 0.454 e. The highest BCUT2D eigenvalue weighted by Crippen LogP contribution is 2.32. The van der Waals surface area contributed by atoms with Gasteiger partial charge in [-0.15, -0.1) is 0 Å². The highest BCUT2D eigenvalue weighted by Gasteiger charge is 2.13. The SMILES string of the molecule is Cc1ccc(C(=O)Nc2ccc(NCc3ccc4c(c3)OCO4)nc2)cc1C. The molecule has 4 rings (SSSR count). The molecule has 0 unspecified atom stereocenters. The van der Waals surface area contributed by atoms with Crippen molar-refractivity contribution in [3.8, 4) is 11.5 Å². The lowest BCUT2D eigenvalue weighted by molar-refractivity contribution is 0.102. The molecule has 3 aromatic rings. The van der Waals surface area contributed by atoms with Gasteiger partial charge in [-0.05, 0) is 66.9 Å². The van der Waals surface area contributed by atoms with E-state index in [0.717, 1.165) is 34.0 Å². The second-order valence-electron chi connectivity index (χ2n) is 6.73. The van der Waals surface area contributed by atoms with E-state index in [0.29, 0.717) is 17.8 Å². The number of fused-ring (bicyclic) bond motifs is 1. The molecule has 142 valence electrons. The van der Waals surface area contributed by atoms with E-state index in [1.54, 1.807) is 6.20 Å². The van der Waals surface area contributed by atoms with Crippen molar-refractivity contribution in [3.05, 3.63) is 77.0 Å². The fourth-order valence-corrected chi connectivity index (χ4v) is 2.90. The normalized spacial score (nSPS) is 11.9. The first-order valence-corrected chi connectivity index (χ1v) is 9.05. The lowest BCUT2D eigenvalue weighted by Crippen LogP contribution is -2.12. The third-order valence-electron chi connectivity index (χ3n) is 4.70. The number of nitrogens with zero attached hydrogens (tertiary/aromatic N) is 1. The van der Waals surface area contributed by atoms with E-state index in [4.69, 9.17) is 9.47 Å². The number of carbonyl (C=O) groups excluding carboxylic acids is 1. The highest BCUT2D eigenvalue weighted by atomic mass is 16.7. The number of carbonyl (C=O) groups is 1. The van der Waals surface area contributed by atoms with Crippen molar-refractivity contribution >= 4 is 17.4 Å². The summed E-state index contributed by atoms with van der Waals surface area (Å²) in [6, 6.07) is 15.2. The topological polar surface area (TPSA) is 72.5 Å². The molecule has 6 nitrogen and oxygen atoms in total. The van der Waals surface area contributed by atoms with E-state index < -0.39 is 0 Å². The minimum atomic E-state index is -0.147. The van der Waals surface area contributed by atoms with E-state index in [1.165, 1.54) is 0 Å².